The lowest BCUT2D eigenvalue weighted by molar-refractivity contribution is 0.112. The van der Waals surface area contributed by atoms with Gasteiger partial charge in [-0.1, -0.05) is 25.4 Å². The molecule has 2 aromatic rings. The molecule has 0 N–H and O–H groups in total. The summed E-state index contributed by atoms with van der Waals surface area (Å²) in [6, 6.07) is 5.34. The Morgan fingerprint density at radius 3 is 2.73 bits per heavy atom. The average molecular weight is 223 g/mol. The smallest absolute Gasteiger partial charge is 0.151 e. The SMILES string of the molecule is CC(C)c1cc2c(Cl)c(C=O)ccc2o1. The Kier molecular flexibility index (Phi) is 2.53. The normalized spacial score (nSPS) is 11.2. The number of halogens is 1. The Hall–Kier alpha value is -1.28. The van der Waals surface area contributed by atoms with Gasteiger partial charge in [0.05, 0.1) is 5.02 Å². The number of rotatable bonds is 2. The van der Waals surface area contributed by atoms with Crippen LogP contribution in [0.25, 0.3) is 11.0 Å². The van der Waals surface area contributed by atoms with Crippen molar-refractivity contribution in [3.8, 4) is 0 Å². The first-order valence-corrected chi connectivity index (χ1v) is 5.18. The summed E-state index contributed by atoms with van der Waals surface area (Å²) in [5.41, 5.74) is 1.23. The fourth-order valence-corrected chi connectivity index (χ4v) is 1.75. The predicted molar refractivity (Wildman–Crippen MR) is 60.7 cm³/mol. The Morgan fingerprint density at radius 1 is 1.40 bits per heavy atom. The minimum Gasteiger partial charge on any atom is -0.461 e. The molecule has 0 saturated carbocycles. The molecule has 2 rings (SSSR count). The third kappa shape index (κ3) is 1.65. The van der Waals surface area contributed by atoms with Crippen molar-refractivity contribution in [2.45, 2.75) is 19.8 Å². The van der Waals surface area contributed by atoms with Crippen LogP contribution in [-0.4, -0.2) is 6.29 Å². The van der Waals surface area contributed by atoms with E-state index in [1.807, 2.05) is 19.9 Å². The van der Waals surface area contributed by atoms with E-state index in [2.05, 4.69) is 0 Å². The lowest BCUT2D eigenvalue weighted by Crippen LogP contribution is -1.81. The topological polar surface area (TPSA) is 30.2 Å². The third-order valence-electron chi connectivity index (χ3n) is 2.38. The molecule has 1 heterocycles. The molecular weight excluding hydrogens is 212 g/mol. The number of furan rings is 1. The predicted octanol–water partition coefficient (Wildman–Crippen LogP) is 4.02. The standard InChI is InChI=1S/C12H11ClO2/c1-7(2)11-5-9-10(15-11)4-3-8(6-14)12(9)13/h3-7H,1-2H3. The van der Waals surface area contributed by atoms with Crippen LogP contribution >= 0.6 is 11.6 Å². The fourth-order valence-electron chi connectivity index (χ4n) is 1.49. The van der Waals surface area contributed by atoms with Gasteiger partial charge in [-0.15, -0.1) is 0 Å². The maximum absolute atomic E-state index is 10.7. The van der Waals surface area contributed by atoms with Crippen molar-refractivity contribution in [1.82, 2.24) is 0 Å². The maximum Gasteiger partial charge on any atom is 0.151 e. The molecule has 1 aromatic carbocycles. The van der Waals surface area contributed by atoms with E-state index in [1.54, 1.807) is 12.1 Å². The molecule has 0 aliphatic carbocycles. The minimum atomic E-state index is 0.313. The third-order valence-corrected chi connectivity index (χ3v) is 2.80. The van der Waals surface area contributed by atoms with Gasteiger partial charge in [0.1, 0.15) is 11.3 Å². The first-order chi connectivity index (χ1) is 7.13. The lowest BCUT2D eigenvalue weighted by atomic mass is 10.1. The zero-order valence-corrected chi connectivity index (χ0v) is 9.34. The second kappa shape index (κ2) is 3.70. The summed E-state index contributed by atoms with van der Waals surface area (Å²) in [6.07, 6.45) is 0.754. The van der Waals surface area contributed by atoms with Crippen molar-refractivity contribution in [3.05, 3.63) is 34.5 Å². The quantitative estimate of drug-likeness (QED) is 0.719. The molecular formula is C12H11ClO2. The highest BCUT2D eigenvalue weighted by molar-refractivity contribution is 6.37. The van der Waals surface area contributed by atoms with Crippen LogP contribution in [-0.2, 0) is 0 Å². The van der Waals surface area contributed by atoms with Crippen LogP contribution in [0.3, 0.4) is 0 Å². The van der Waals surface area contributed by atoms with Crippen LogP contribution in [0.5, 0.6) is 0 Å². The zero-order valence-electron chi connectivity index (χ0n) is 8.58. The van der Waals surface area contributed by atoms with E-state index < -0.39 is 0 Å². The molecule has 0 bridgehead atoms. The van der Waals surface area contributed by atoms with E-state index in [4.69, 9.17) is 16.0 Å². The van der Waals surface area contributed by atoms with Gasteiger partial charge in [0.2, 0.25) is 0 Å². The molecule has 1 aromatic heterocycles. The summed E-state index contributed by atoms with van der Waals surface area (Å²) in [5, 5.41) is 1.28. The van der Waals surface area contributed by atoms with E-state index >= 15 is 0 Å². The van der Waals surface area contributed by atoms with Gasteiger partial charge in [-0.25, -0.2) is 0 Å². The van der Waals surface area contributed by atoms with E-state index in [0.29, 0.717) is 16.5 Å². The molecule has 0 aliphatic rings. The van der Waals surface area contributed by atoms with Gasteiger partial charge < -0.3 is 4.42 Å². The molecule has 3 heteroatoms. The summed E-state index contributed by atoms with van der Waals surface area (Å²) in [7, 11) is 0. The Balaban J connectivity index is 2.71. The highest BCUT2D eigenvalue weighted by Gasteiger charge is 2.11. The molecule has 0 spiro atoms. The van der Waals surface area contributed by atoms with Crippen LogP contribution in [0.1, 0.15) is 35.9 Å². The molecule has 0 radical (unpaired) electrons. The van der Waals surface area contributed by atoms with Crippen molar-refractivity contribution in [2.75, 3.05) is 0 Å². The number of aldehydes is 1. The summed E-state index contributed by atoms with van der Waals surface area (Å²) < 4.78 is 5.61. The largest absolute Gasteiger partial charge is 0.461 e. The molecule has 15 heavy (non-hydrogen) atoms. The Labute approximate surface area is 92.8 Å². The van der Waals surface area contributed by atoms with Gasteiger partial charge in [0.15, 0.2) is 6.29 Å². The maximum atomic E-state index is 10.7. The average Bonchev–Trinajstić information content (AvgIpc) is 2.63. The number of carbonyl (C=O) groups is 1. The number of fused-ring (bicyclic) bond motifs is 1. The van der Waals surface area contributed by atoms with Gasteiger partial charge >= 0.3 is 0 Å². The van der Waals surface area contributed by atoms with Gasteiger partial charge in [0.25, 0.3) is 0 Å². The van der Waals surface area contributed by atoms with E-state index in [0.717, 1.165) is 23.0 Å². The van der Waals surface area contributed by atoms with Crippen LogP contribution in [0.4, 0.5) is 0 Å². The van der Waals surface area contributed by atoms with Crippen molar-refractivity contribution in [1.29, 1.82) is 0 Å². The summed E-state index contributed by atoms with van der Waals surface area (Å²) in [6.45, 7) is 4.10. The first-order valence-electron chi connectivity index (χ1n) is 4.80. The van der Waals surface area contributed by atoms with Gasteiger partial charge in [-0.05, 0) is 18.2 Å². The molecule has 0 unspecified atom stereocenters. The fraction of sp³-hybridized carbons (Fsp3) is 0.250. The molecule has 78 valence electrons. The van der Waals surface area contributed by atoms with Crippen LogP contribution in [0.15, 0.2) is 22.6 Å². The number of hydrogen-bond acceptors (Lipinski definition) is 2. The molecule has 0 fully saturated rings. The second-order valence-electron chi connectivity index (χ2n) is 3.80. The Morgan fingerprint density at radius 2 is 2.13 bits per heavy atom. The van der Waals surface area contributed by atoms with Gasteiger partial charge in [-0.3, -0.25) is 4.79 Å². The molecule has 0 atom stereocenters. The monoisotopic (exact) mass is 222 g/mol. The van der Waals surface area contributed by atoms with Crippen LogP contribution in [0, 0.1) is 0 Å². The van der Waals surface area contributed by atoms with Crippen LogP contribution in [0.2, 0.25) is 5.02 Å². The molecule has 0 aliphatic heterocycles. The highest BCUT2D eigenvalue weighted by atomic mass is 35.5. The molecule has 2 nitrogen and oxygen atoms in total. The zero-order chi connectivity index (χ0) is 11.0. The molecule has 0 saturated heterocycles. The second-order valence-corrected chi connectivity index (χ2v) is 4.18. The highest BCUT2D eigenvalue weighted by Crippen LogP contribution is 2.31. The summed E-state index contributed by atoms with van der Waals surface area (Å²) in [4.78, 5) is 10.7. The van der Waals surface area contributed by atoms with Gasteiger partial charge in [-0.2, -0.15) is 0 Å². The summed E-state index contributed by atoms with van der Waals surface area (Å²) >= 11 is 6.07. The van der Waals surface area contributed by atoms with E-state index in [-0.39, 0.29) is 0 Å². The number of benzene rings is 1. The van der Waals surface area contributed by atoms with Crippen molar-refractivity contribution in [2.24, 2.45) is 0 Å². The van der Waals surface area contributed by atoms with E-state index in [1.165, 1.54) is 0 Å². The van der Waals surface area contributed by atoms with Gasteiger partial charge in [0, 0.05) is 16.9 Å². The lowest BCUT2D eigenvalue weighted by Gasteiger charge is -1.95. The van der Waals surface area contributed by atoms with Crippen molar-refractivity contribution >= 4 is 28.9 Å². The number of hydrogen-bond donors (Lipinski definition) is 0. The number of carbonyl (C=O) groups excluding carboxylic acids is 1. The first kappa shape index (κ1) is 10.2. The minimum absolute atomic E-state index is 0.313. The van der Waals surface area contributed by atoms with E-state index in [9.17, 15) is 4.79 Å². The van der Waals surface area contributed by atoms with Crippen LogP contribution < -0.4 is 0 Å². The van der Waals surface area contributed by atoms with Crippen molar-refractivity contribution < 1.29 is 9.21 Å². The van der Waals surface area contributed by atoms with Crippen molar-refractivity contribution in [3.63, 3.8) is 0 Å². The summed E-state index contributed by atoms with van der Waals surface area (Å²) in [5.74, 6) is 1.20. The Bertz CT molecular complexity index is 512. The molecule has 0 amide bonds.